The summed E-state index contributed by atoms with van der Waals surface area (Å²) in [6, 6.07) is 0. The Morgan fingerprint density at radius 1 is 1.57 bits per heavy atom. The van der Waals surface area contributed by atoms with Gasteiger partial charge in [0.2, 0.25) is 0 Å². The number of hydrogen-bond acceptors (Lipinski definition) is 3. The Morgan fingerprint density at radius 3 is 2.43 bits per heavy atom. The lowest BCUT2D eigenvalue weighted by atomic mass is 10.1. The van der Waals surface area contributed by atoms with E-state index in [0.717, 1.165) is 0 Å². The Hall–Kier alpha value is -0.420. The van der Waals surface area contributed by atoms with Crippen molar-refractivity contribution in [3.05, 3.63) is 0 Å². The molecule has 0 aliphatic rings. The molecule has 0 aliphatic heterocycles. The molecule has 1 amide bonds. The Labute approximate surface area is 87.5 Å². The van der Waals surface area contributed by atoms with Gasteiger partial charge in [-0.2, -0.15) is 0 Å². The van der Waals surface area contributed by atoms with Crippen molar-refractivity contribution < 1.29 is 14.1 Å². The molecule has 2 N–H and O–H groups in total. The van der Waals surface area contributed by atoms with Crippen LogP contribution < -0.4 is 5.32 Å². The molecular formula is C9H19NO3S. The number of rotatable bonds is 5. The van der Waals surface area contributed by atoms with Crippen LogP contribution >= 0.6 is 0 Å². The number of carbonyl (C=O) groups is 1. The van der Waals surface area contributed by atoms with Crippen LogP contribution in [0.5, 0.6) is 0 Å². The van der Waals surface area contributed by atoms with Crippen LogP contribution in [0, 0.1) is 0 Å². The fraction of sp³-hybridized carbons (Fsp3) is 0.889. The van der Waals surface area contributed by atoms with Crippen LogP contribution in [-0.2, 0) is 15.6 Å². The first-order valence-corrected chi connectivity index (χ1v) is 6.20. The van der Waals surface area contributed by atoms with Crippen LogP contribution in [-0.4, -0.2) is 38.9 Å². The molecule has 0 bridgehead atoms. The topological polar surface area (TPSA) is 66.4 Å². The zero-order chi connectivity index (χ0) is 11.4. The van der Waals surface area contributed by atoms with Gasteiger partial charge in [-0.15, -0.1) is 0 Å². The highest BCUT2D eigenvalue weighted by molar-refractivity contribution is 7.84. The van der Waals surface area contributed by atoms with Gasteiger partial charge in [0.15, 0.2) is 0 Å². The second kappa shape index (κ2) is 5.46. The van der Waals surface area contributed by atoms with E-state index in [1.165, 1.54) is 13.8 Å². The van der Waals surface area contributed by atoms with Gasteiger partial charge in [-0.1, -0.05) is 6.92 Å². The van der Waals surface area contributed by atoms with E-state index >= 15 is 0 Å². The molecule has 0 aromatic heterocycles. The number of nitrogens with one attached hydrogen (secondary N) is 1. The van der Waals surface area contributed by atoms with Crippen LogP contribution in [0.3, 0.4) is 0 Å². The third-order valence-corrected chi connectivity index (χ3v) is 3.33. The molecule has 0 aromatic rings. The van der Waals surface area contributed by atoms with Crippen LogP contribution in [0.4, 0.5) is 0 Å². The summed E-state index contributed by atoms with van der Waals surface area (Å²) in [6.07, 6.45) is 2.30. The summed E-state index contributed by atoms with van der Waals surface area (Å²) in [5.41, 5.74) is -1.34. The van der Waals surface area contributed by atoms with Crippen molar-refractivity contribution in [1.29, 1.82) is 0 Å². The smallest absolute Gasteiger partial charge is 0.251 e. The first-order chi connectivity index (χ1) is 6.25. The van der Waals surface area contributed by atoms with Crippen molar-refractivity contribution in [2.45, 2.75) is 38.0 Å². The van der Waals surface area contributed by atoms with E-state index in [0.29, 0.717) is 13.0 Å². The fourth-order valence-electron chi connectivity index (χ4n) is 0.771. The summed E-state index contributed by atoms with van der Waals surface area (Å²) in [4.78, 5) is 11.2. The molecule has 0 radical (unpaired) electrons. The lowest BCUT2D eigenvalue weighted by molar-refractivity contribution is -0.136. The van der Waals surface area contributed by atoms with Crippen LogP contribution in [0.25, 0.3) is 0 Å². The predicted molar refractivity (Wildman–Crippen MR) is 57.5 cm³/mol. The molecule has 4 nitrogen and oxygen atoms in total. The van der Waals surface area contributed by atoms with Crippen molar-refractivity contribution in [3.63, 3.8) is 0 Å². The Bertz CT molecular complexity index is 223. The summed E-state index contributed by atoms with van der Waals surface area (Å²) in [5, 5.41) is 11.9. The first-order valence-electron chi connectivity index (χ1n) is 4.58. The molecule has 2 unspecified atom stereocenters. The number of hydrogen-bond donors (Lipinski definition) is 2. The van der Waals surface area contributed by atoms with E-state index in [1.807, 2.05) is 6.92 Å². The molecule has 0 saturated carbocycles. The van der Waals surface area contributed by atoms with E-state index in [2.05, 4.69) is 5.32 Å². The molecule has 2 atom stereocenters. The minimum atomic E-state index is -1.34. The van der Waals surface area contributed by atoms with Crippen molar-refractivity contribution in [1.82, 2.24) is 5.32 Å². The van der Waals surface area contributed by atoms with Crippen LogP contribution in [0.15, 0.2) is 0 Å². The Kier molecular flexibility index (Phi) is 5.29. The minimum absolute atomic E-state index is 0.0668. The van der Waals surface area contributed by atoms with Gasteiger partial charge in [0.25, 0.3) is 5.91 Å². The van der Waals surface area contributed by atoms with Gasteiger partial charge < -0.3 is 10.4 Å². The molecule has 0 aliphatic carbocycles. The second-order valence-corrected chi connectivity index (χ2v) is 5.71. The standard InChI is InChI=1S/C9H19NO3S/c1-7(14(4)13)5-6-10-8(11)9(2,3)12/h7,12H,5-6H2,1-4H3,(H,10,11). The monoisotopic (exact) mass is 221 g/mol. The highest BCUT2D eigenvalue weighted by Crippen LogP contribution is 2.01. The number of carbonyl (C=O) groups excluding carboxylic acids is 1. The van der Waals surface area contributed by atoms with Crippen molar-refractivity contribution in [2.24, 2.45) is 0 Å². The maximum atomic E-state index is 11.2. The van der Waals surface area contributed by atoms with Crippen molar-refractivity contribution in [3.8, 4) is 0 Å². The molecule has 5 heteroatoms. The number of amides is 1. The van der Waals surface area contributed by atoms with Crippen LogP contribution in [0.1, 0.15) is 27.2 Å². The van der Waals surface area contributed by atoms with Crippen LogP contribution in [0.2, 0.25) is 0 Å². The molecule has 0 spiro atoms. The maximum absolute atomic E-state index is 11.2. The molecule has 0 heterocycles. The predicted octanol–water partition coefficient (Wildman–Crippen LogP) is 0.0306. The minimum Gasteiger partial charge on any atom is -0.381 e. The van der Waals surface area contributed by atoms with Gasteiger partial charge in [-0.05, 0) is 20.3 Å². The highest BCUT2D eigenvalue weighted by atomic mass is 32.2. The Morgan fingerprint density at radius 2 is 2.07 bits per heavy atom. The van der Waals surface area contributed by atoms with Gasteiger partial charge in [0.05, 0.1) is 0 Å². The average molecular weight is 221 g/mol. The summed E-state index contributed by atoms with van der Waals surface area (Å²) in [6.45, 7) is 5.18. The van der Waals surface area contributed by atoms with Crippen molar-refractivity contribution in [2.75, 3.05) is 12.8 Å². The zero-order valence-corrected chi connectivity index (χ0v) is 9.98. The quantitative estimate of drug-likeness (QED) is 0.688. The lowest BCUT2D eigenvalue weighted by Gasteiger charge is -2.17. The van der Waals surface area contributed by atoms with Gasteiger partial charge in [0.1, 0.15) is 5.60 Å². The number of aliphatic hydroxyl groups is 1. The maximum Gasteiger partial charge on any atom is 0.251 e. The normalized spacial score (nSPS) is 16.1. The van der Waals surface area contributed by atoms with Crippen molar-refractivity contribution >= 4 is 16.7 Å². The first kappa shape index (κ1) is 13.6. The third kappa shape index (κ3) is 5.34. The lowest BCUT2D eigenvalue weighted by Crippen LogP contribution is -2.42. The fourth-order valence-corrected chi connectivity index (χ4v) is 1.22. The molecule has 0 saturated heterocycles. The molecular weight excluding hydrogens is 202 g/mol. The summed E-state index contributed by atoms with van der Waals surface area (Å²) in [7, 11) is -0.860. The zero-order valence-electron chi connectivity index (χ0n) is 9.16. The largest absolute Gasteiger partial charge is 0.381 e. The molecule has 0 aromatic carbocycles. The second-order valence-electron chi connectivity index (χ2n) is 3.91. The highest BCUT2D eigenvalue weighted by Gasteiger charge is 2.23. The van der Waals surface area contributed by atoms with E-state index in [4.69, 9.17) is 0 Å². The van der Waals surface area contributed by atoms with Gasteiger partial charge in [0, 0.05) is 28.9 Å². The van der Waals surface area contributed by atoms with Gasteiger partial charge in [-0.3, -0.25) is 9.00 Å². The van der Waals surface area contributed by atoms with E-state index in [9.17, 15) is 14.1 Å². The van der Waals surface area contributed by atoms with E-state index in [1.54, 1.807) is 6.26 Å². The van der Waals surface area contributed by atoms with Gasteiger partial charge >= 0.3 is 0 Å². The average Bonchev–Trinajstić information content (AvgIpc) is 2.01. The third-order valence-electron chi connectivity index (χ3n) is 1.96. The summed E-state index contributed by atoms with van der Waals surface area (Å²) >= 11 is 0. The molecule has 0 fully saturated rings. The summed E-state index contributed by atoms with van der Waals surface area (Å²) in [5.74, 6) is -0.397. The Balaban J connectivity index is 3.76. The van der Waals surface area contributed by atoms with Gasteiger partial charge in [-0.25, -0.2) is 0 Å². The molecule has 14 heavy (non-hydrogen) atoms. The SMILES string of the molecule is CC(CCNC(=O)C(C)(C)O)S(C)=O. The molecule has 84 valence electrons. The summed E-state index contributed by atoms with van der Waals surface area (Å²) < 4.78 is 11.0. The molecule has 0 rings (SSSR count). The van der Waals surface area contributed by atoms with E-state index < -0.39 is 22.3 Å². The van der Waals surface area contributed by atoms with E-state index in [-0.39, 0.29) is 5.25 Å².